The largest absolute Gasteiger partial charge is 0.496 e. The van der Waals surface area contributed by atoms with Gasteiger partial charge in [0.15, 0.2) is 0 Å². The summed E-state index contributed by atoms with van der Waals surface area (Å²) in [6.07, 6.45) is 1.85. The lowest BCUT2D eigenvalue weighted by molar-refractivity contribution is 0.406. The molecule has 1 N–H and O–H groups in total. The third-order valence-corrected chi connectivity index (χ3v) is 3.76. The van der Waals surface area contributed by atoms with E-state index in [0.29, 0.717) is 5.92 Å². The second-order valence-corrected chi connectivity index (χ2v) is 5.50. The lowest BCUT2D eigenvalue weighted by atomic mass is 10.1. The molecule has 0 aromatic carbocycles. The van der Waals surface area contributed by atoms with Crippen molar-refractivity contribution in [2.24, 2.45) is 5.92 Å². The molecule has 0 spiro atoms. The Hall–Kier alpha value is -0.800. The normalized spacial score (nSPS) is 12.8. The van der Waals surface area contributed by atoms with Crippen molar-refractivity contribution in [1.82, 2.24) is 10.3 Å². The van der Waals surface area contributed by atoms with E-state index >= 15 is 0 Å². The highest BCUT2D eigenvalue weighted by Gasteiger charge is 2.11. The zero-order valence-corrected chi connectivity index (χ0v) is 12.6. The summed E-state index contributed by atoms with van der Waals surface area (Å²) < 4.78 is 5.39. The van der Waals surface area contributed by atoms with E-state index in [1.165, 1.54) is 0 Å². The number of ether oxygens (including phenoxy) is 1. The molecule has 0 fully saturated rings. The number of pyridine rings is 1. The Morgan fingerprint density at radius 3 is 2.61 bits per heavy atom. The van der Waals surface area contributed by atoms with Crippen molar-refractivity contribution < 1.29 is 4.74 Å². The van der Waals surface area contributed by atoms with Crippen LogP contribution in [-0.2, 0) is 6.54 Å². The average Bonchev–Trinajstić information content (AvgIpc) is 2.32. The third-order valence-electron chi connectivity index (χ3n) is 3.10. The van der Waals surface area contributed by atoms with Crippen LogP contribution in [0.1, 0.15) is 30.7 Å². The number of hydrogen-bond donors (Lipinski definition) is 1. The molecule has 1 aromatic rings. The van der Waals surface area contributed by atoms with Gasteiger partial charge in [0, 0.05) is 35.8 Å². The van der Waals surface area contributed by atoms with E-state index in [1.807, 2.05) is 20.0 Å². The Kier molecular flexibility index (Phi) is 5.89. The fourth-order valence-corrected chi connectivity index (χ4v) is 1.92. The van der Waals surface area contributed by atoms with Crippen LogP contribution in [0, 0.1) is 19.8 Å². The Morgan fingerprint density at radius 2 is 2.06 bits per heavy atom. The van der Waals surface area contributed by atoms with Gasteiger partial charge in [-0.1, -0.05) is 13.8 Å². The SMILES string of the molecule is COc1c(C)cnc(CNCC(Cl)C(C)C)c1C. The van der Waals surface area contributed by atoms with Gasteiger partial charge in [-0.3, -0.25) is 4.98 Å². The van der Waals surface area contributed by atoms with Gasteiger partial charge in [0.25, 0.3) is 0 Å². The highest BCUT2D eigenvalue weighted by atomic mass is 35.5. The van der Waals surface area contributed by atoms with Crippen molar-refractivity contribution in [2.45, 2.75) is 39.6 Å². The number of aryl methyl sites for hydroxylation is 1. The number of nitrogens with one attached hydrogen (secondary N) is 1. The van der Waals surface area contributed by atoms with E-state index in [9.17, 15) is 0 Å². The predicted octanol–water partition coefficient (Wildman–Crippen LogP) is 3.06. The summed E-state index contributed by atoms with van der Waals surface area (Å²) in [5, 5.41) is 3.49. The molecule has 0 aliphatic heterocycles. The molecule has 0 radical (unpaired) electrons. The van der Waals surface area contributed by atoms with Crippen LogP contribution in [0.2, 0.25) is 0 Å². The zero-order valence-electron chi connectivity index (χ0n) is 11.9. The number of methoxy groups -OCH3 is 1. The number of hydrogen-bond acceptors (Lipinski definition) is 3. The lowest BCUT2D eigenvalue weighted by Crippen LogP contribution is -2.27. The fourth-order valence-electron chi connectivity index (χ4n) is 1.81. The summed E-state index contributed by atoms with van der Waals surface area (Å²) in [5.41, 5.74) is 3.18. The summed E-state index contributed by atoms with van der Waals surface area (Å²) in [7, 11) is 1.69. The molecule has 0 saturated heterocycles. The van der Waals surface area contributed by atoms with Gasteiger partial charge in [0.05, 0.1) is 12.8 Å². The smallest absolute Gasteiger partial charge is 0.128 e. The van der Waals surface area contributed by atoms with Crippen LogP contribution < -0.4 is 10.1 Å². The first kappa shape index (κ1) is 15.3. The van der Waals surface area contributed by atoms with E-state index in [2.05, 4.69) is 24.1 Å². The molecular weight excluding hydrogens is 248 g/mol. The molecule has 0 bridgehead atoms. The van der Waals surface area contributed by atoms with Gasteiger partial charge in [-0.2, -0.15) is 0 Å². The molecule has 0 aliphatic carbocycles. The van der Waals surface area contributed by atoms with Crippen LogP contribution in [0.15, 0.2) is 6.20 Å². The monoisotopic (exact) mass is 270 g/mol. The van der Waals surface area contributed by atoms with E-state index in [4.69, 9.17) is 16.3 Å². The molecule has 3 nitrogen and oxygen atoms in total. The minimum Gasteiger partial charge on any atom is -0.496 e. The van der Waals surface area contributed by atoms with E-state index in [-0.39, 0.29) is 5.38 Å². The molecule has 1 heterocycles. The molecule has 102 valence electrons. The van der Waals surface area contributed by atoms with Gasteiger partial charge in [0.1, 0.15) is 5.75 Å². The minimum absolute atomic E-state index is 0.151. The molecule has 1 unspecified atom stereocenters. The number of rotatable bonds is 6. The van der Waals surface area contributed by atoms with Crippen molar-refractivity contribution in [3.63, 3.8) is 0 Å². The summed E-state index contributed by atoms with van der Waals surface area (Å²) in [6, 6.07) is 0. The molecule has 1 rings (SSSR count). The number of nitrogens with zero attached hydrogens (tertiary/aromatic N) is 1. The fraction of sp³-hybridized carbons (Fsp3) is 0.643. The van der Waals surface area contributed by atoms with Crippen LogP contribution in [0.5, 0.6) is 5.75 Å². The molecule has 1 aromatic heterocycles. The minimum atomic E-state index is 0.151. The maximum atomic E-state index is 6.20. The van der Waals surface area contributed by atoms with Crippen molar-refractivity contribution >= 4 is 11.6 Å². The molecule has 4 heteroatoms. The second kappa shape index (κ2) is 6.95. The van der Waals surface area contributed by atoms with Crippen molar-refractivity contribution in [1.29, 1.82) is 0 Å². The van der Waals surface area contributed by atoms with E-state index in [1.54, 1.807) is 7.11 Å². The Balaban J connectivity index is 2.63. The standard InChI is InChI=1S/C14H23ClN2O/c1-9(2)12(15)7-16-8-13-11(4)14(18-5)10(3)6-17-13/h6,9,12,16H,7-8H2,1-5H3. The molecule has 0 aliphatic rings. The Labute approximate surface area is 115 Å². The van der Waals surface area contributed by atoms with Gasteiger partial charge in [0.2, 0.25) is 0 Å². The summed E-state index contributed by atoms with van der Waals surface area (Å²) in [5.74, 6) is 1.40. The molecule has 0 amide bonds. The van der Waals surface area contributed by atoms with Crippen LogP contribution in [0.25, 0.3) is 0 Å². The van der Waals surface area contributed by atoms with Gasteiger partial charge in [-0.15, -0.1) is 11.6 Å². The molecular formula is C14H23ClN2O. The zero-order chi connectivity index (χ0) is 13.7. The van der Waals surface area contributed by atoms with Gasteiger partial charge in [-0.05, 0) is 19.8 Å². The quantitative estimate of drug-likeness (QED) is 0.807. The number of alkyl halides is 1. The van der Waals surface area contributed by atoms with Crippen molar-refractivity contribution in [3.8, 4) is 5.75 Å². The van der Waals surface area contributed by atoms with E-state index < -0.39 is 0 Å². The van der Waals surface area contributed by atoms with Crippen LogP contribution in [0.4, 0.5) is 0 Å². The molecule has 18 heavy (non-hydrogen) atoms. The lowest BCUT2D eigenvalue weighted by Gasteiger charge is -2.16. The summed E-state index contributed by atoms with van der Waals surface area (Å²) >= 11 is 6.20. The maximum Gasteiger partial charge on any atom is 0.128 e. The first-order valence-corrected chi connectivity index (χ1v) is 6.74. The van der Waals surface area contributed by atoms with Gasteiger partial charge >= 0.3 is 0 Å². The van der Waals surface area contributed by atoms with Gasteiger partial charge in [-0.25, -0.2) is 0 Å². The number of halogens is 1. The highest BCUT2D eigenvalue weighted by Crippen LogP contribution is 2.23. The molecule has 0 saturated carbocycles. The Morgan fingerprint density at radius 1 is 1.39 bits per heavy atom. The molecule has 1 atom stereocenters. The van der Waals surface area contributed by atoms with Gasteiger partial charge < -0.3 is 10.1 Å². The van der Waals surface area contributed by atoms with Crippen molar-refractivity contribution in [3.05, 3.63) is 23.0 Å². The first-order chi connectivity index (χ1) is 8.47. The topological polar surface area (TPSA) is 34.1 Å². The van der Waals surface area contributed by atoms with E-state index in [0.717, 1.165) is 35.7 Å². The van der Waals surface area contributed by atoms with Crippen LogP contribution in [-0.4, -0.2) is 24.0 Å². The maximum absolute atomic E-state index is 6.20. The predicted molar refractivity (Wildman–Crippen MR) is 76.4 cm³/mol. The van der Waals surface area contributed by atoms with Crippen LogP contribution >= 0.6 is 11.6 Å². The Bertz CT molecular complexity index is 394. The second-order valence-electron chi connectivity index (χ2n) is 4.94. The number of aromatic nitrogens is 1. The highest BCUT2D eigenvalue weighted by molar-refractivity contribution is 6.20. The third kappa shape index (κ3) is 3.85. The van der Waals surface area contributed by atoms with Crippen LogP contribution in [0.3, 0.4) is 0 Å². The average molecular weight is 271 g/mol. The summed E-state index contributed by atoms with van der Waals surface area (Å²) in [4.78, 5) is 4.44. The summed E-state index contributed by atoms with van der Waals surface area (Å²) in [6.45, 7) is 9.80. The first-order valence-electron chi connectivity index (χ1n) is 6.31. The van der Waals surface area contributed by atoms with Crippen molar-refractivity contribution in [2.75, 3.05) is 13.7 Å².